The molecule has 4 N–H and O–H groups in total. The fourth-order valence-corrected chi connectivity index (χ4v) is 3.79. The van der Waals surface area contributed by atoms with E-state index in [4.69, 9.17) is 5.73 Å². The number of nitrogens with two attached hydrogens (primary N) is 1. The summed E-state index contributed by atoms with van der Waals surface area (Å²) in [6, 6.07) is 0. The second-order valence-electron chi connectivity index (χ2n) is 7.41. The Kier molecular flexibility index (Phi) is 20.9. The lowest BCUT2D eigenvalue weighted by molar-refractivity contribution is -0.121. The summed E-state index contributed by atoms with van der Waals surface area (Å²) in [5.41, 5.74) is 4.92. The van der Waals surface area contributed by atoms with Crippen molar-refractivity contribution in [1.82, 2.24) is 5.32 Å². The highest BCUT2D eigenvalue weighted by Gasteiger charge is 2.12. The van der Waals surface area contributed by atoms with Crippen LogP contribution >= 0.6 is 8.15 Å². The van der Waals surface area contributed by atoms with Crippen molar-refractivity contribution in [2.75, 3.05) is 19.3 Å². The molecular weight excluding hydrogens is 383 g/mol. The summed E-state index contributed by atoms with van der Waals surface area (Å²) < 4.78 is 0. The van der Waals surface area contributed by atoms with Crippen LogP contribution in [0.4, 0.5) is 0 Å². The van der Waals surface area contributed by atoms with Crippen molar-refractivity contribution in [2.45, 2.75) is 90.4 Å². The van der Waals surface area contributed by atoms with Gasteiger partial charge >= 0.3 is 0 Å². The number of unbranched alkanes of at least 4 members (excludes halogenated alkanes) is 8. The highest BCUT2D eigenvalue weighted by molar-refractivity contribution is 7.69. The number of carbonyl (C=O) groups excluding carboxylic acids is 2. The summed E-state index contributed by atoms with van der Waals surface area (Å²) in [5, 5.41) is 2.85. The molecule has 6 heteroatoms. The van der Waals surface area contributed by atoms with Crippen molar-refractivity contribution in [3.8, 4) is 0 Å². The first kappa shape index (κ1) is 28.0. The number of hydrogen-bond acceptors (Lipinski definition) is 4. The molecule has 0 fully saturated rings. The van der Waals surface area contributed by atoms with E-state index in [9.17, 15) is 14.5 Å². The van der Waals surface area contributed by atoms with E-state index >= 15 is 0 Å². The molecule has 29 heavy (non-hydrogen) atoms. The Balaban J connectivity index is 3.38. The van der Waals surface area contributed by atoms with Gasteiger partial charge in [0.2, 0.25) is 5.91 Å². The molecule has 5 nitrogen and oxygen atoms in total. The second-order valence-corrected chi connectivity index (χ2v) is 9.15. The Bertz CT molecular complexity index is 467. The Morgan fingerprint density at radius 3 is 2.17 bits per heavy atom. The molecule has 1 atom stereocenters. The van der Waals surface area contributed by atoms with Gasteiger partial charge in [-0.15, -0.1) is 0 Å². The molecule has 0 aliphatic carbocycles. The molecule has 0 rings (SSSR count). The molecule has 0 saturated heterocycles. The lowest BCUT2D eigenvalue weighted by atomic mass is 10.1. The van der Waals surface area contributed by atoms with Gasteiger partial charge in [0.15, 0.2) is 5.52 Å². The van der Waals surface area contributed by atoms with E-state index in [0.717, 1.165) is 25.7 Å². The minimum absolute atomic E-state index is 0.0584. The maximum Gasteiger partial charge on any atom is 0.219 e. The van der Waals surface area contributed by atoms with Gasteiger partial charge in [0.05, 0.1) is 14.7 Å². The van der Waals surface area contributed by atoms with E-state index in [1.807, 2.05) is 0 Å². The standard InChI is InChI=1S/C23H43N2O3P/c1-2-3-4-5-6-7-8-9-10-11-12-13-14-15-16-18-22(26)25-19-17-20-29(28)23(27)21-24/h6-7,9-10,28H,2-5,8,11-21,24H2,1H3,(H,25,26). The lowest BCUT2D eigenvalue weighted by Gasteiger charge is -2.08. The smallest absolute Gasteiger partial charge is 0.219 e. The first-order valence-corrected chi connectivity index (χ1v) is 12.9. The van der Waals surface area contributed by atoms with Crippen LogP contribution in [0.25, 0.3) is 0 Å². The van der Waals surface area contributed by atoms with Gasteiger partial charge < -0.3 is 15.9 Å². The van der Waals surface area contributed by atoms with Crippen molar-refractivity contribution in [2.24, 2.45) is 5.73 Å². The summed E-state index contributed by atoms with van der Waals surface area (Å²) in [6.07, 6.45) is 23.6. The third-order valence-corrected chi connectivity index (χ3v) is 6.18. The van der Waals surface area contributed by atoms with Gasteiger partial charge in [-0.3, -0.25) is 9.59 Å². The SMILES string of the molecule is CCCCCC=CCC=CCCCCCCCC(=O)NCCCP(O)C(=O)CN. The van der Waals surface area contributed by atoms with E-state index in [-0.39, 0.29) is 18.0 Å². The van der Waals surface area contributed by atoms with Crippen molar-refractivity contribution >= 4 is 19.6 Å². The van der Waals surface area contributed by atoms with Crippen LogP contribution in [0.5, 0.6) is 0 Å². The van der Waals surface area contributed by atoms with Gasteiger partial charge in [0, 0.05) is 19.1 Å². The van der Waals surface area contributed by atoms with E-state index < -0.39 is 8.15 Å². The van der Waals surface area contributed by atoms with Crippen LogP contribution in [0.2, 0.25) is 0 Å². The third kappa shape index (κ3) is 20.0. The van der Waals surface area contributed by atoms with Crippen LogP contribution in [0.1, 0.15) is 90.4 Å². The summed E-state index contributed by atoms with van der Waals surface area (Å²) in [4.78, 5) is 32.5. The number of rotatable bonds is 20. The molecule has 0 heterocycles. The summed E-state index contributed by atoms with van der Waals surface area (Å²) >= 11 is 0. The average Bonchev–Trinajstić information content (AvgIpc) is 2.73. The van der Waals surface area contributed by atoms with Crippen LogP contribution in [-0.4, -0.2) is 35.6 Å². The quantitative estimate of drug-likeness (QED) is 0.142. The Labute approximate surface area is 179 Å². The molecule has 0 aromatic rings. The minimum Gasteiger partial charge on any atom is -0.366 e. The monoisotopic (exact) mass is 426 g/mol. The first-order valence-electron chi connectivity index (χ1n) is 11.4. The fourth-order valence-electron chi connectivity index (χ4n) is 2.87. The summed E-state index contributed by atoms with van der Waals surface area (Å²) in [7, 11) is -1.63. The molecule has 0 saturated carbocycles. The van der Waals surface area contributed by atoms with E-state index in [1.54, 1.807) is 0 Å². The Hall–Kier alpha value is -1.03. The van der Waals surface area contributed by atoms with Crippen LogP contribution < -0.4 is 11.1 Å². The van der Waals surface area contributed by atoms with Crippen molar-refractivity contribution < 1.29 is 14.5 Å². The zero-order valence-electron chi connectivity index (χ0n) is 18.4. The van der Waals surface area contributed by atoms with Crippen LogP contribution in [-0.2, 0) is 9.59 Å². The van der Waals surface area contributed by atoms with Crippen molar-refractivity contribution in [3.05, 3.63) is 24.3 Å². The highest BCUT2D eigenvalue weighted by atomic mass is 31.1. The largest absolute Gasteiger partial charge is 0.366 e. The third-order valence-electron chi connectivity index (χ3n) is 4.69. The van der Waals surface area contributed by atoms with E-state index in [1.165, 1.54) is 44.9 Å². The molecule has 0 aliphatic heterocycles. The average molecular weight is 427 g/mol. The lowest BCUT2D eigenvalue weighted by Crippen LogP contribution is -2.24. The van der Waals surface area contributed by atoms with Gasteiger partial charge in [0.25, 0.3) is 0 Å². The molecule has 1 amide bonds. The predicted octanol–water partition coefficient (Wildman–Crippen LogP) is 5.18. The van der Waals surface area contributed by atoms with Gasteiger partial charge in [-0.2, -0.15) is 0 Å². The molecular formula is C23H43N2O3P. The zero-order valence-corrected chi connectivity index (χ0v) is 19.3. The van der Waals surface area contributed by atoms with E-state index in [0.29, 0.717) is 25.5 Å². The van der Waals surface area contributed by atoms with Gasteiger partial charge in [-0.05, 0) is 44.9 Å². The molecule has 0 bridgehead atoms. The normalized spacial score (nSPS) is 12.7. The van der Waals surface area contributed by atoms with Crippen LogP contribution in [0.3, 0.4) is 0 Å². The maximum atomic E-state index is 11.7. The van der Waals surface area contributed by atoms with Crippen LogP contribution in [0, 0.1) is 0 Å². The maximum absolute atomic E-state index is 11.7. The first-order chi connectivity index (χ1) is 14.1. The summed E-state index contributed by atoms with van der Waals surface area (Å²) in [6.45, 7) is 2.63. The van der Waals surface area contributed by atoms with Crippen molar-refractivity contribution in [3.63, 3.8) is 0 Å². The Morgan fingerprint density at radius 2 is 1.52 bits per heavy atom. The molecule has 168 valence electrons. The Morgan fingerprint density at radius 1 is 0.897 bits per heavy atom. The molecule has 0 aromatic carbocycles. The number of carbonyl (C=O) groups is 2. The second kappa shape index (κ2) is 21.7. The molecule has 0 aromatic heterocycles. The number of allylic oxidation sites excluding steroid dienone is 4. The molecule has 1 unspecified atom stereocenters. The topological polar surface area (TPSA) is 92.4 Å². The molecule has 0 radical (unpaired) electrons. The summed E-state index contributed by atoms with van der Waals surface area (Å²) in [5.74, 6) is 0.0584. The molecule has 0 spiro atoms. The highest BCUT2D eigenvalue weighted by Crippen LogP contribution is 2.30. The number of amides is 1. The zero-order chi connectivity index (χ0) is 21.6. The van der Waals surface area contributed by atoms with Gasteiger partial charge in [-0.25, -0.2) is 0 Å². The van der Waals surface area contributed by atoms with Gasteiger partial charge in [0.1, 0.15) is 0 Å². The van der Waals surface area contributed by atoms with E-state index in [2.05, 4.69) is 36.5 Å². The number of hydrogen-bond donors (Lipinski definition) is 3. The minimum atomic E-state index is -1.63. The van der Waals surface area contributed by atoms with Gasteiger partial charge in [-0.1, -0.05) is 63.3 Å². The van der Waals surface area contributed by atoms with Crippen LogP contribution in [0.15, 0.2) is 24.3 Å². The number of nitrogens with one attached hydrogen (secondary N) is 1. The predicted molar refractivity (Wildman–Crippen MR) is 125 cm³/mol. The van der Waals surface area contributed by atoms with Crippen molar-refractivity contribution in [1.29, 1.82) is 0 Å². The fraction of sp³-hybridized carbons (Fsp3) is 0.739. The molecule has 0 aliphatic rings.